The molecule has 0 bridgehead atoms. The number of aliphatic hydroxyl groups excluding tert-OH is 1. The highest BCUT2D eigenvalue weighted by molar-refractivity contribution is 6.30. The molecule has 1 aliphatic rings. The third kappa shape index (κ3) is 6.88. The number of methoxy groups -OCH3 is 2. The van der Waals surface area contributed by atoms with Crippen LogP contribution in [0.25, 0.3) is 0 Å². The van der Waals surface area contributed by atoms with E-state index in [0.717, 1.165) is 32.1 Å². The molecule has 0 aromatic carbocycles. The number of hydrogen-bond acceptors (Lipinski definition) is 3. The Labute approximate surface area is 177 Å². The minimum absolute atomic E-state index is 0.00120. The fraction of sp³-hybridized carbons (Fsp3) is 0.667. The summed E-state index contributed by atoms with van der Waals surface area (Å²) in [5.41, 5.74) is 4.17. The lowest BCUT2D eigenvalue weighted by Crippen LogP contribution is -2.50. The van der Waals surface area contributed by atoms with Gasteiger partial charge in [0.15, 0.2) is 0 Å². The molecule has 0 saturated heterocycles. The first kappa shape index (κ1) is 25.2. The molecule has 0 aromatic heterocycles. The number of aliphatic hydroxyl groups is 1. The topological polar surface area (TPSA) is 38.7 Å². The SMILES string of the molecule is COC1(OC)C(Cl)=CC(O)C(C/C=C(\C)CC/C=C(\C)CCC=C(C)C)C1C. The fourth-order valence-electron chi connectivity index (χ4n) is 3.85. The van der Waals surface area contributed by atoms with E-state index in [1.807, 2.05) is 6.92 Å². The second kappa shape index (κ2) is 12.0. The Balaban J connectivity index is 2.63. The lowest BCUT2D eigenvalue weighted by Gasteiger charge is -2.44. The van der Waals surface area contributed by atoms with Crippen LogP contribution in [0.4, 0.5) is 0 Å². The molecule has 1 rings (SSSR count). The third-order valence-electron chi connectivity index (χ3n) is 5.80. The van der Waals surface area contributed by atoms with Crippen molar-refractivity contribution in [2.24, 2.45) is 11.8 Å². The Morgan fingerprint density at radius 3 is 2.11 bits per heavy atom. The van der Waals surface area contributed by atoms with Crippen molar-refractivity contribution in [3.63, 3.8) is 0 Å². The van der Waals surface area contributed by atoms with Crippen LogP contribution in [0.5, 0.6) is 0 Å². The summed E-state index contributed by atoms with van der Waals surface area (Å²) in [6, 6.07) is 0. The Kier molecular flexibility index (Phi) is 10.8. The molecule has 1 aliphatic carbocycles. The largest absolute Gasteiger partial charge is 0.389 e. The summed E-state index contributed by atoms with van der Waals surface area (Å²) < 4.78 is 11.2. The summed E-state index contributed by atoms with van der Waals surface area (Å²) in [5.74, 6) is -1.03. The van der Waals surface area contributed by atoms with Gasteiger partial charge in [-0.3, -0.25) is 0 Å². The standard InChI is InChI=1S/C24H39ClO3/c1-17(2)10-8-11-18(3)12-9-13-19(4)14-15-21-20(5)24(27-6,28-7)23(25)16-22(21)26/h10,12,14,16,20-22,26H,8-9,11,13,15H2,1-7H3/b18-12+,19-14+. The average molecular weight is 411 g/mol. The highest BCUT2D eigenvalue weighted by atomic mass is 35.5. The summed E-state index contributed by atoms with van der Waals surface area (Å²) in [6.07, 6.45) is 13.0. The minimum atomic E-state index is -0.974. The average Bonchev–Trinajstić information content (AvgIpc) is 2.62. The molecule has 0 fully saturated rings. The normalized spacial score (nSPS) is 25.5. The van der Waals surface area contributed by atoms with Crippen molar-refractivity contribution in [2.45, 2.75) is 78.6 Å². The van der Waals surface area contributed by atoms with Crippen molar-refractivity contribution in [3.8, 4) is 0 Å². The van der Waals surface area contributed by atoms with Gasteiger partial charge in [0.1, 0.15) is 0 Å². The molecule has 0 saturated carbocycles. The zero-order valence-electron chi connectivity index (χ0n) is 18.7. The summed E-state index contributed by atoms with van der Waals surface area (Å²) in [4.78, 5) is 0. The van der Waals surface area contributed by atoms with Crippen LogP contribution >= 0.6 is 11.6 Å². The first-order valence-corrected chi connectivity index (χ1v) is 10.7. The van der Waals surface area contributed by atoms with E-state index in [0.29, 0.717) is 5.03 Å². The third-order valence-corrected chi connectivity index (χ3v) is 6.19. The second-order valence-electron chi connectivity index (χ2n) is 8.23. The van der Waals surface area contributed by atoms with Crippen molar-refractivity contribution >= 4 is 11.6 Å². The highest BCUT2D eigenvalue weighted by Crippen LogP contribution is 2.44. The molecular formula is C24H39ClO3. The van der Waals surface area contributed by atoms with Crippen molar-refractivity contribution in [1.82, 2.24) is 0 Å². The maximum Gasteiger partial charge on any atom is 0.207 e. The predicted molar refractivity (Wildman–Crippen MR) is 119 cm³/mol. The summed E-state index contributed by atoms with van der Waals surface area (Å²) in [5, 5.41) is 10.9. The van der Waals surface area contributed by atoms with E-state index in [2.05, 4.69) is 45.9 Å². The summed E-state index contributed by atoms with van der Waals surface area (Å²) >= 11 is 6.33. The summed E-state index contributed by atoms with van der Waals surface area (Å²) in [6.45, 7) is 10.7. The fourth-order valence-corrected chi connectivity index (χ4v) is 4.31. The smallest absolute Gasteiger partial charge is 0.207 e. The first-order chi connectivity index (χ1) is 13.2. The number of allylic oxidation sites excluding steroid dienone is 6. The van der Waals surface area contributed by atoms with Crippen LogP contribution in [-0.4, -0.2) is 31.2 Å². The number of rotatable bonds is 10. The van der Waals surface area contributed by atoms with Gasteiger partial charge in [-0.05, 0) is 71.8 Å². The maximum atomic E-state index is 10.5. The molecule has 3 nitrogen and oxygen atoms in total. The molecule has 28 heavy (non-hydrogen) atoms. The molecule has 0 spiro atoms. The molecule has 1 N–H and O–H groups in total. The molecule has 0 aliphatic heterocycles. The molecule has 3 atom stereocenters. The van der Waals surface area contributed by atoms with Crippen LogP contribution in [0, 0.1) is 11.8 Å². The molecule has 0 radical (unpaired) electrons. The molecular weight excluding hydrogens is 372 g/mol. The molecule has 3 unspecified atom stereocenters. The van der Waals surface area contributed by atoms with Gasteiger partial charge in [-0.15, -0.1) is 0 Å². The van der Waals surface area contributed by atoms with E-state index in [1.54, 1.807) is 20.3 Å². The Hall–Kier alpha value is -0.870. The number of hydrogen-bond donors (Lipinski definition) is 1. The molecule has 4 heteroatoms. The van der Waals surface area contributed by atoms with Gasteiger partial charge in [0.25, 0.3) is 0 Å². The molecule has 0 aromatic rings. The van der Waals surface area contributed by atoms with Crippen LogP contribution in [0.1, 0.15) is 66.7 Å². The van der Waals surface area contributed by atoms with Crippen LogP contribution < -0.4 is 0 Å². The summed E-state index contributed by atoms with van der Waals surface area (Å²) in [7, 11) is 3.19. The predicted octanol–water partition coefficient (Wildman–Crippen LogP) is 6.53. The van der Waals surface area contributed by atoms with Gasteiger partial charge in [0.05, 0.1) is 11.1 Å². The van der Waals surface area contributed by atoms with Crippen molar-refractivity contribution in [1.29, 1.82) is 0 Å². The van der Waals surface area contributed by atoms with E-state index in [4.69, 9.17) is 21.1 Å². The Morgan fingerprint density at radius 2 is 1.57 bits per heavy atom. The highest BCUT2D eigenvalue weighted by Gasteiger charge is 2.48. The van der Waals surface area contributed by atoms with Crippen LogP contribution in [-0.2, 0) is 9.47 Å². The number of ether oxygens (including phenoxy) is 2. The van der Waals surface area contributed by atoms with Crippen LogP contribution in [0.15, 0.2) is 46.1 Å². The van der Waals surface area contributed by atoms with E-state index < -0.39 is 11.9 Å². The Bertz CT molecular complexity index is 607. The lowest BCUT2D eigenvalue weighted by atomic mass is 9.76. The van der Waals surface area contributed by atoms with Gasteiger partial charge in [0.2, 0.25) is 5.79 Å². The quantitative estimate of drug-likeness (QED) is 0.328. The van der Waals surface area contributed by atoms with Crippen molar-refractivity contribution in [2.75, 3.05) is 14.2 Å². The zero-order valence-corrected chi connectivity index (χ0v) is 19.5. The molecule has 0 heterocycles. The van der Waals surface area contributed by atoms with Gasteiger partial charge in [0, 0.05) is 20.1 Å². The van der Waals surface area contributed by atoms with Gasteiger partial charge in [-0.1, -0.05) is 53.5 Å². The second-order valence-corrected chi connectivity index (χ2v) is 8.64. The minimum Gasteiger partial charge on any atom is -0.389 e. The monoisotopic (exact) mass is 410 g/mol. The van der Waals surface area contributed by atoms with Gasteiger partial charge in [-0.25, -0.2) is 0 Å². The van der Waals surface area contributed by atoms with E-state index >= 15 is 0 Å². The Morgan fingerprint density at radius 1 is 1.04 bits per heavy atom. The van der Waals surface area contributed by atoms with Crippen LogP contribution in [0.3, 0.4) is 0 Å². The van der Waals surface area contributed by atoms with Crippen LogP contribution in [0.2, 0.25) is 0 Å². The van der Waals surface area contributed by atoms with Gasteiger partial charge < -0.3 is 14.6 Å². The van der Waals surface area contributed by atoms with E-state index in [1.165, 1.54) is 16.7 Å². The maximum absolute atomic E-state index is 10.5. The van der Waals surface area contributed by atoms with Crippen molar-refractivity contribution < 1.29 is 14.6 Å². The zero-order chi connectivity index (χ0) is 21.3. The van der Waals surface area contributed by atoms with E-state index in [9.17, 15) is 5.11 Å². The molecule has 0 amide bonds. The van der Waals surface area contributed by atoms with Gasteiger partial charge in [-0.2, -0.15) is 0 Å². The molecule has 160 valence electrons. The van der Waals surface area contributed by atoms with Crippen molar-refractivity contribution in [3.05, 3.63) is 46.1 Å². The first-order valence-electron chi connectivity index (χ1n) is 10.3. The lowest BCUT2D eigenvalue weighted by molar-refractivity contribution is -0.225. The van der Waals surface area contributed by atoms with Gasteiger partial charge >= 0.3 is 0 Å². The van der Waals surface area contributed by atoms with E-state index in [-0.39, 0.29) is 11.8 Å². The number of halogens is 1.